The molecule has 1 aliphatic carbocycles. The van der Waals surface area contributed by atoms with Crippen molar-refractivity contribution in [3.8, 4) is 11.1 Å². The number of fused-ring (bicyclic) bond motifs is 4. The van der Waals surface area contributed by atoms with Crippen molar-refractivity contribution in [2.24, 2.45) is 0 Å². The average Bonchev–Trinajstić information content (AvgIpc) is 2.86. The maximum absolute atomic E-state index is 12.1. The molecular weight excluding hydrogens is 284 g/mol. The van der Waals surface area contributed by atoms with Crippen LogP contribution in [0.25, 0.3) is 21.9 Å². The van der Waals surface area contributed by atoms with Crippen LogP contribution >= 0.6 is 0 Å². The van der Waals surface area contributed by atoms with E-state index in [9.17, 15) is 4.79 Å². The summed E-state index contributed by atoms with van der Waals surface area (Å²) in [6.45, 7) is 5.36. The summed E-state index contributed by atoms with van der Waals surface area (Å²) in [5.41, 5.74) is 4.76. The summed E-state index contributed by atoms with van der Waals surface area (Å²) in [6.07, 6.45) is -0.366. The van der Waals surface area contributed by atoms with Gasteiger partial charge in [0.05, 0.1) is 0 Å². The maximum atomic E-state index is 12.1. The highest BCUT2D eigenvalue weighted by Crippen LogP contribution is 2.46. The van der Waals surface area contributed by atoms with E-state index in [4.69, 9.17) is 4.74 Å². The average molecular weight is 300 g/mol. The minimum absolute atomic E-state index is 0.356. The van der Waals surface area contributed by atoms with Crippen LogP contribution in [0.15, 0.2) is 72.8 Å². The van der Waals surface area contributed by atoms with Crippen molar-refractivity contribution in [2.45, 2.75) is 13.0 Å². The Hall–Kier alpha value is -2.87. The molecular formula is C21H16O2. The first-order valence-electron chi connectivity index (χ1n) is 7.63. The molecule has 0 heterocycles. The van der Waals surface area contributed by atoms with Crippen LogP contribution in [-0.4, -0.2) is 5.97 Å². The lowest BCUT2D eigenvalue weighted by Gasteiger charge is -2.15. The zero-order valence-corrected chi connectivity index (χ0v) is 12.9. The third-order valence-electron chi connectivity index (χ3n) is 4.31. The fraction of sp³-hybridized carbons (Fsp3) is 0.0952. The van der Waals surface area contributed by atoms with Crippen LogP contribution in [0.2, 0.25) is 0 Å². The molecule has 0 saturated carbocycles. The van der Waals surface area contributed by atoms with E-state index in [0.29, 0.717) is 5.57 Å². The molecule has 3 aromatic carbocycles. The van der Waals surface area contributed by atoms with E-state index in [1.54, 1.807) is 6.92 Å². The normalized spacial score (nSPS) is 15.1. The molecule has 0 fully saturated rings. The summed E-state index contributed by atoms with van der Waals surface area (Å²) in [6, 6.07) is 20.6. The minimum atomic E-state index is -0.366. The van der Waals surface area contributed by atoms with Crippen LogP contribution in [0.3, 0.4) is 0 Å². The van der Waals surface area contributed by atoms with Crippen LogP contribution in [0.1, 0.15) is 24.2 Å². The first-order valence-corrected chi connectivity index (χ1v) is 7.63. The Morgan fingerprint density at radius 1 is 0.913 bits per heavy atom. The first-order chi connectivity index (χ1) is 11.1. The lowest BCUT2D eigenvalue weighted by atomic mass is 10.0. The maximum Gasteiger partial charge on any atom is 0.334 e. The van der Waals surface area contributed by atoms with E-state index in [2.05, 4.69) is 36.9 Å². The van der Waals surface area contributed by atoms with Crippen molar-refractivity contribution in [1.82, 2.24) is 0 Å². The molecule has 0 aliphatic heterocycles. The smallest absolute Gasteiger partial charge is 0.334 e. The van der Waals surface area contributed by atoms with E-state index in [1.165, 1.54) is 5.39 Å². The van der Waals surface area contributed by atoms with Gasteiger partial charge in [-0.1, -0.05) is 55.1 Å². The van der Waals surface area contributed by atoms with Crippen LogP contribution in [0.5, 0.6) is 0 Å². The van der Waals surface area contributed by atoms with Gasteiger partial charge in [-0.3, -0.25) is 0 Å². The second kappa shape index (κ2) is 5.10. The number of rotatable bonds is 2. The summed E-state index contributed by atoms with van der Waals surface area (Å²) in [5, 5.41) is 2.34. The first kappa shape index (κ1) is 13.8. The van der Waals surface area contributed by atoms with Crippen molar-refractivity contribution in [3.63, 3.8) is 0 Å². The van der Waals surface area contributed by atoms with Crippen molar-refractivity contribution in [1.29, 1.82) is 0 Å². The Kier molecular flexibility index (Phi) is 3.05. The number of carbonyl (C=O) groups is 1. The molecule has 0 bridgehead atoms. The van der Waals surface area contributed by atoms with E-state index in [1.807, 2.05) is 30.3 Å². The van der Waals surface area contributed by atoms with Gasteiger partial charge in [-0.15, -0.1) is 0 Å². The topological polar surface area (TPSA) is 26.3 Å². The van der Waals surface area contributed by atoms with Crippen LogP contribution in [0.4, 0.5) is 0 Å². The van der Waals surface area contributed by atoms with Gasteiger partial charge in [0.1, 0.15) is 0 Å². The highest BCUT2D eigenvalue weighted by atomic mass is 16.5. The van der Waals surface area contributed by atoms with E-state index in [-0.39, 0.29) is 12.1 Å². The lowest BCUT2D eigenvalue weighted by Crippen LogP contribution is -2.11. The second-order valence-corrected chi connectivity index (χ2v) is 5.94. The minimum Gasteiger partial charge on any atom is -0.449 e. The summed E-state index contributed by atoms with van der Waals surface area (Å²) < 4.78 is 5.74. The zero-order valence-electron chi connectivity index (χ0n) is 12.9. The summed E-state index contributed by atoms with van der Waals surface area (Å²) in [7, 11) is 0. The Labute approximate surface area is 135 Å². The number of carbonyl (C=O) groups excluding carboxylic acids is 1. The Morgan fingerprint density at radius 3 is 2.30 bits per heavy atom. The van der Waals surface area contributed by atoms with Crippen LogP contribution in [0, 0.1) is 0 Å². The molecule has 3 aromatic rings. The molecule has 0 saturated heterocycles. The second-order valence-electron chi connectivity index (χ2n) is 5.94. The van der Waals surface area contributed by atoms with Crippen LogP contribution < -0.4 is 0 Å². The Bertz CT molecular complexity index is 953. The van der Waals surface area contributed by atoms with Crippen molar-refractivity contribution >= 4 is 16.7 Å². The summed E-state index contributed by atoms with van der Waals surface area (Å²) >= 11 is 0. The molecule has 1 unspecified atom stereocenters. The number of hydrogen-bond acceptors (Lipinski definition) is 2. The SMILES string of the molecule is C=C(C)C(=O)OC1c2ccccc2-c2cc3ccccc3cc21. The Balaban J connectivity index is 1.93. The van der Waals surface area contributed by atoms with Gasteiger partial charge in [-0.05, 0) is 41.0 Å². The molecule has 1 aliphatic rings. The molecule has 2 heteroatoms. The lowest BCUT2D eigenvalue weighted by molar-refractivity contribution is -0.142. The van der Waals surface area contributed by atoms with Gasteiger partial charge in [-0.2, -0.15) is 0 Å². The largest absolute Gasteiger partial charge is 0.449 e. The Morgan fingerprint density at radius 2 is 1.57 bits per heavy atom. The van der Waals surface area contributed by atoms with Gasteiger partial charge in [0.25, 0.3) is 0 Å². The highest BCUT2D eigenvalue weighted by Gasteiger charge is 2.31. The number of benzene rings is 3. The molecule has 0 amide bonds. The predicted octanol–water partition coefficient (Wildman–Crippen LogP) is 5.03. The van der Waals surface area contributed by atoms with Crippen molar-refractivity contribution in [3.05, 3.63) is 83.9 Å². The van der Waals surface area contributed by atoms with Crippen LogP contribution in [-0.2, 0) is 9.53 Å². The fourth-order valence-electron chi connectivity index (χ4n) is 3.18. The number of esters is 1. The third-order valence-corrected chi connectivity index (χ3v) is 4.31. The van der Waals surface area contributed by atoms with Crippen molar-refractivity contribution < 1.29 is 9.53 Å². The molecule has 4 rings (SSSR count). The van der Waals surface area contributed by atoms with E-state index < -0.39 is 0 Å². The van der Waals surface area contributed by atoms with Gasteiger partial charge >= 0.3 is 5.97 Å². The standard InChI is InChI=1S/C21H16O2/c1-13(2)21(22)23-20-17-10-6-5-9-16(17)18-11-14-7-3-4-8-15(14)12-19(18)20/h3-12,20H,1H2,2H3. The van der Waals surface area contributed by atoms with Gasteiger partial charge in [0.15, 0.2) is 6.10 Å². The molecule has 0 spiro atoms. The number of hydrogen-bond donors (Lipinski definition) is 0. The predicted molar refractivity (Wildman–Crippen MR) is 92.1 cm³/mol. The number of ether oxygens (including phenoxy) is 1. The fourth-order valence-corrected chi connectivity index (χ4v) is 3.18. The molecule has 23 heavy (non-hydrogen) atoms. The van der Waals surface area contributed by atoms with Gasteiger partial charge in [0, 0.05) is 16.7 Å². The molecule has 0 aromatic heterocycles. The molecule has 0 radical (unpaired) electrons. The molecule has 0 N–H and O–H groups in total. The zero-order chi connectivity index (χ0) is 16.0. The molecule has 2 nitrogen and oxygen atoms in total. The third kappa shape index (κ3) is 2.15. The van der Waals surface area contributed by atoms with Gasteiger partial charge < -0.3 is 4.74 Å². The molecule has 1 atom stereocenters. The van der Waals surface area contributed by atoms with E-state index >= 15 is 0 Å². The van der Waals surface area contributed by atoms with Gasteiger partial charge in [0.2, 0.25) is 0 Å². The quantitative estimate of drug-likeness (QED) is 0.490. The molecule has 112 valence electrons. The highest BCUT2D eigenvalue weighted by molar-refractivity contribution is 5.93. The van der Waals surface area contributed by atoms with E-state index in [0.717, 1.165) is 27.6 Å². The monoisotopic (exact) mass is 300 g/mol. The van der Waals surface area contributed by atoms with Gasteiger partial charge in [-0.25, -0.2) is 4.79 Å². The van der Waals surface area contributed by atoms with Crippen molar-refractivity contribution in [2.75, 3.05) is 0 Å². The summed E-state index contributed by atoms with van der Waals surface area (Å²) in [4.78, 5) is 12.1. The summed E-state index contributed by atoms with van der Waals surface area (Å²) in [5.74, 6) is -0.356.